The van der Waals surface area contributed by atoms with E-state index in [0.717, 1.165) is 11.3 Å². The third kappa shape index (κ3) is 5.41. The predicted molar refractivity (Wildman–Crippen MR) is 134 cm³/mol. The summed E-state index contributed by atoms with van der Waals surface area (Å²) >= 11 is 18.4. The number of rotatable bonds is 6. The molecule has 0 bridgehead atoms. The molecule has 0 aliphatic heterocycles. The molecule has 8 nitrogen and oxygen atoms in total. The van der Waals surface area contributed by atoms with Gasteiger partial charge in [0.05, 0.1) is 29.3 Å². The van der Waals surface area contributed by atoms with Crippen LogP contribution in [0.1, 0.15) is 43.1 Å². The lowest BCUT2D eigenvalue weighted by Gasteiger charge is -2.09. The molecule has 2 heterocycles. The van der Waals surface area contributed by atoms with E-state index in [0.29, 0.717) is 26.9 Å². The number of carbonyl (C=O) groups is 3. The SMILES string of the molecule is CCOC(=O)c1c(NC(=S)NC(=O)c2ccc(-c3cccc(Cl)c3Cl)o2)sc(C(=O)OC)c1C. The van der Waals surface area contributed by atoms with E-state index in [-0.39, 0.29) is 32.9 Å². The van der Waals surface area contributed by atoms with Gasteiger partial charge in [-0.15, -0.1) is 11.3 Å². The maximum Gasteiger partial charge on any atom is 0.348 e. The molecule has 1 amide bonds. The highest BCUT2D eigenvalue weighted by Crippen LogP contribution is 2.35. The minimum Gasteiger partial charge on any atom is -0.465 e. The zero-order valence-corrected chi connectivity index (χ0v) is 21.3. The first-order valence-electron chi connectivity index (χ1n) is 9.73. The zero-order chi connectivity index (χ0) is 25.0. The Balaban J connectivity index is 1.79. The van der Waals surface area contributed by atoms with Gasteiger partial charge in [-0.3, -0.25) is 10.1 Å². The zero-order valence-electron chi connectivity index (χ0n) is 18.1. The molecule has 2 N–H and O–H groups in total. The van der Waals surface area contributed by atoms with Gasteiger partial charge in [0.25, 0.3) is 5.91 Å². The van der Waals surface area contributed by atoms with Crippen molar-refractivity contribution in [2.24, 2.45) is 0 Å². The Labute approximate surface area is 214 Å². The summed E-state index contributed by atoms with van der Waals surface area (Å²) in [5, 5.41) is 6.00. The molecule has 0 saturated heterocycles. The molecule has 3 rings (SSSR count). The molecule has 0 radical (unpaired) electrons. The fourth-order valence-electron chi connectivity index (χ4n) is 2.94. The van der Waals surface area contributed by atoms with Gasteiger partial charge in [-0.05, 0) is 55.9 Å². The van der Waals surface area contributed by atoms with Crippen LogP contribution in [0.3, 0.4) is 0 Å². The van der Waals surface area contributed by atoms with Crippen LogP contribution >= 0.6 is 46.8 Å². The number of halogens is 2. The minimum absolute atomic E-state index is 0.0292. The number of carbonyl (C=O) groups excluding carboxylic acids is 3. The summed E-state index contributed by atoms with van der Waals surface area (Å²) in [6.45, 7) is 3.39. The molecule has 0 spiro atoms. The van der Waals surface area contributed by atoms with Gasteiger partial charge in [0.15, 0.2) is 10.9 Å². The fourth-order valence-corrected chi connectivity index (χ4v) is 4.71. The van der Waals surface area contributed by atoms with E-state index < -0.39 is 17.8 Å². The van der Waals surface area contributed by atoms with E-state index in [2.05, 4.69) is 10.6 Å². The third-order valence-electron chi connectivity index (χ3n) is 4.50. The number of thiophene rings is 1. The average molecular weight is 541 g/mol. The standard InChI is InChI=1S/C22H18Cl2N2O6S2/c1-4-31-20(28)15-10(2)17(21(29)30-3)34-19(15)26-22(33)25-18(27)14-9-8-13(32-14)11-6-5-7-12(23)16(11)24/h5-9H,4H2,1-3H3,(H2,25,26,27,33). The summed E-state index contributed by atoms with van der Waals surface area (Å²) in [6.07, 6.45) is 0. The van der Waals surface area contributed by atoms with Crippen molar-refractivity contribution in [1.82, 2.24) is 5.32 Å². The van der Waals surface area contributed by atoms with Crippen LogP contribution in [-0.4, -0.2) is 36.7 Å². The number of methoxy groups -OCH3 is 1. The largest absolute Gasteiger partial charge is 0.465 e. The molecule has 0 saturated carbocycles. The second-order valence-electron chi connectivity index (χ2n) is 6.65. The van der Waals surface area contributed by atoms with Crippen LogP contribution in [0, 0.1) is 6.92 Å². The van der Waals surface area contributed by atoms with Gasteiger partial charge in [-0.1, -0.05) is 29.3 Å². The number of esters is 2. The Morgan fingerprint density at radius 1 is 1.15 bits per heavy atom. The van der Waals surface area contributed by atoms with Crippen LogP contribution in [0.15, 0.2) is 34.7 Å². The van der Waals surface area contributed by atoms with Gasteiger partial charge in [-0.2, -0.15) is 0 Å². The van der Waals surface area contributed by atoms with E-state index in [1.165, 1.54) is 13.2 Å². The van der Waals surface area contributed by atoms with Crippen molar-refractivity contribution in [3.8, 4) is 11.3 Å². The number of hydrogen-bond acceptors (Lipinski definition) is 8. The van der Waals surface area contributed by atoms with Crippen molar-refractivity contribution in [3.05, 3.63) is 62.1 Å². The molecule has 12 heteroatoms. The van der Waals surface area contributed by atoms with Gasteiger partial charge < -0.3 is 19.2 Å². The van der Waals surface area contributed by atoms with Crippen LogP contribution in [-0.2, 0) is 9.47 Å². The lowest BCUT2D eigenvalue weighted by atomic mass is 10.1. The summed E-state index contributed by atoms with van der Waals surface area (Å²) in [7, 11) is 1.23. The predicted octanol–water partition coefficient (Wildman–Crippen LogP) is 5.71. The molecular weight excluding hydrogens is 523 g/mol. The first kappa shape index (κ1) is 25.7. The van der Waals surface area contributed by atoms with E-state index in [1.54, 1.807) is 38.1 Å². The monoisotopic (exact) mass is 540 g/mol. The highest BCUT2D eigenvalue weighted by Gasteiger charge is 2.27. The Morgan fingerprint density at radius 3 is 2.56 bits per heavy atom. The third-order valence-corrected chi connectivity index (χ3v) is 6.71. The number of ether oxygens (including phenoxy) is 2. The van der Waals surface area contributed by atoms with Crippen LogP contribution in [0.5, 0.6) is 0 Å². The normalized spacial score (nSPS) is 10.5. The van der Waals surface area contributed by atoms with Crippen molar-refractivity contribution in [3.63, 3.8) is 0 Å². The summed E-state index contributed by atoms with van der Waals surface area (Å²) in [5.41, 5.74) is 1.03. The number of furan rings is 1. The Kier molecular flexibility index (Phi) is 8.32. The maximum atomic E-state index is 12.6. The average Bonchev–Trinajstić information content (AvgIpc) is 3.40. The highest BCUT2D eigenvalue weighted by molar-refractivity contribution is 7.80. The summed E-state index contributed by atoms with van der Waals surface area (Å²) in [4.78, 5) is 37.4. The van der Waals surface area contributed by atoms with Crippen molar-refractivity contribution in [2.45, 2.75) is 13.8 Å². The number of hydrogen-bond donors (Lipinski definition) is 2. The van der Waals surface area contributed by atoms with Gasteiger partial charge in [-0.25, -0.2) is 9.59 Å². The smallest absolute Gasteiger partial charge is 0.348 e. The second kappa shape index (κ2) is 11.0. The first-order valence-corrected chi connectivity index (χ1v) is 11.7. The number of benzene rings is 1. The van der Waals surface area contributed by atoms with E-state index in [4.69, 9.17) is 49.3 Å². The summed E-state index contributed by atoms with van der Waals surface area (Å²) in [6, 6.07) is 8.08. The van der Waals surface area contributed by atoms with E-state index in [9.17, 15) is 14.4 Å². The molecule has 3 aromatic rings. The highest BCUT2D eigenvalue weighted by atomic mass is 35.5. The lowest BCUT2D eigenvalue weighted by Crippen LogP contribution is -2.34. The molecule has 2 aromatic heterocycles. The number of nitrogens with one attached hydrogen (secondary N) is 2. The molecule has 0 unspecified atom stereocenters. The molecule has 0 aliphatic carbocycles. The van der Waals surface area contributed by atoms with Gasteiger partial charge in [0.2, 0.25) is 0 Å². The van der Waals surface area contributed by atoms with Crippen molar-refractivity contribution in [2.75, 3.05) is 19.0 Å². The van der Waals surface area contributed by atoms with Crippen LogP contribution in [0.2, 0.25) is 10.0 Å². The van der Waals surface area contributed by atoms with Crippen molar-refractivity contribution in [1.29, 1.82) is 0 Å². The molecule has 0 atom stereocenters. The van der Waals surface area contributed by atoms with Crippen LogP contribution in [0.4, 0.5) is 5.00 Å². The Morgan fingerprint density at radius 2 is 1.88 bits per heavy atom. The molecule has 178 valence electrons. The van der Waals surface area contributed by atoms with E-state index in [1.807, 2.05) is 0 Å². The molecular formula is C22H18Cl2N2O6S2. The number of anilines is 1. The van der Waals surface area contributed by atoms with Crippen molar-refractivity contribution < 1.29 is 28.3 Å². The van der Waals surface area contributed by atoms with Crippen LogP contribution in [0.25, 0.3) is 11.3 Å². The minimum atomic E-state index is -0.642. The lowest BCUT2D eigenvalue weighted by molar-refractivity contribution is 0.0527. The molecule has 0 aliphatic rings. The number of thiocarbonyl (C=S) groups is 1. The topological polar surface area (TPSA) is 107 Å². The first-order chi connectivity index (χ1) is 16.2. The fraction of sp³-hybridized carbons (Fsp3) is 0.182. The number of amides is 1. The van der Waals surface area contributed by atoms with E-state index >= 15 is 0 Å². The molecule has 34 heavy (non-hydrogen) atoms. The van der Waals surface area contributed by atoms with Gasteiger partial charge in [0, 0.05) is 5.56 Å². The summed E-state index contributed by atoms with van der Waals surface area (Å²) in [5.74, 6) is -1.58. The van der Waals surface area contributed by atoms with Gasteiger partial charge >= 0.3 is 11.9 Å². The summed E-state index contributed by atoms with van der Waals surface area (Å²) < 4.78 is 15.5. The molecule has 1 aromatic carbocycles. The van der Waals surface area contributed by atoms with Crippen molar-refractivity contribution >= 4 is 74.7 Å². The Bertz CT molecular complexity index is 1280. The molecule has 0 fully saturated rings. The van der Waals surface area contributed by atoms with Gasteiger partial charge in [0.1, 0.15) is 15.6 Å². The second-order valence-corrected chi connectivity index (χ2v) is 8.86. The van der Waals surface area contributed by atoms with Crippen LogP contribution < -0.4 is 10.6 Å². The Hall–Kier alpha value is -2.92. The quantitative estimate of drug-likeness (QED) is 0.302. The maximum absolute atomic E-state index is 12.6.